The van der Waals surface area contributed by atoms with E-state index in [1.165, 1.54) is 13.0 Å². The Bertz CT molecular complexity index is 697. The maximum absolute atomic E-state index is 13.6. The fraction of sp³-hybridized carbons (Fsp3) is 0.471. The Morgan fingerprint density at radius 3 is 2.12 bits per heavy atom. The third kappa shape index (κ3) is 3.62. The summed E-state index contributed by atoms with van der Waals surface area (Å²) in [7, 11) is 0. The summed E-state index contributed by atoms with van der Waals surface area (Å²) in [5, 5.41) is 2.24. The molecule has 0 bridgehead atoms. The summed E-state index contributed by atoms with van der Waals surface area (Å²) in [6.45, 7) is 3.31. The van der Waals surface area contributed by atoms with Gasteiger partial charge < -0.3 is 15.1 Å². The highest BCUT2D eigenvalue weighted by Gasteiger charge is 2.50. The fourth-order valence-corrected chi connectivity index (χ4v) is 3.07. The second-order valence-corrected chi connectivity index (χ2v) is 6.37. The van der Waals surface area contributed by atoms with Crippen molar-refractivity contribution in [3.63, 3.8) is 0 Å². The zero-order valence-electron chi connectivity index (χ0n) is 13.8. The van der Waals surface area contributed by atoms with Gasteiger partial charge >= 0.3 is 0 Å². The van der Waals surface area contributed by atoms with Crippen molar-refractivity contribution in [3.8, 4) is 0 Å². The van der Waals surface area contributed by atoms with Gasteiger partial charge in [-0.05, 0) is 18.6 Å². The summed E-state index contributed by atoms with van der Waals surface area (Å²) in [6.07, 6.45) is 0.369. The van der Waals surface area contributed by atoms with Crippen LogP contribution in [0.2, 0.25) is 0 Å². The topological polar surface area (TPSA) is 69.7 Å². The molecule has 2 unspecified atom stereocenters. The molecule has 0 radical (unpaired) electrons. The maximum atomic E-state index is 13.6. The highest BCUT2D eigenvalue weighted by atomic mass is 19.1. The molecule has 0 spiro atoms. The molecule has 134 valence electrons. The van der Waals surface area contributed by atoms with Crippen LogP contribution in [0.4, 0.5) is 14.5 Å². The van der Waals surface area contributed by atoms with E-state index in [9.17, 15) is 23.2 Å². The number of amides is 3. The standard InChI is InChI=1S/C17H19F2N3O3/c1-10(23)21-5-7-22(8-6-21)17(25)12-9-11(12)16(24)20-15-13(18)3-2-4-14(15)19/h2-4,11-12H,5-9H2,1H3,(H,20,24). The minimum Gasteiger partial charge on any atom is -0.339 e. The Balaban J connectivity index is 1.55. The molecule has 1 aliphatic carbocycles. The number of benzene rings is 1. The molecule has 2 aliphatic rings. The Morgan fingerprint density at radius 2 is 1.56 bits per heavy atom. The number of para-hydroxylation sites is 1. The molecule has 0 aromatic heterocycles. The van der Waals surface area contributed by atoms with Gasteiger partial charge in [0.15, 0.2) is 0 Å². The van der Waals surface area contributed by atoms with Crippen molar-refractivity contribution in [2.24, 2.45) is 11.8 Å². The van der Waals surface area contributed by atoms with Crippen molar-refractivity contribution in [1.82, 2.24) is 9.80 Å². The van der Waals surface area contributed by atoms with E-state index in [1.54, 1.807) is 9.80 Å². The molecular formula is C17H19F2N3O3. The molecule has 1 saturated heterocycles. The smallest absolute Gasteiger partial charge is 0.228 e. The Labute approximate surface area is 143 Å². The SMILES string of the molecule is CC(=O)N1CCN(C(=O)C2CC2C(=O)Nc2c(F)cccc2F)CC1. The van der Waals surface area contributed by atoms with Crippen molar-refractivity contribution >= 4 is 23.4 Å². The molecule has 2 fully saturated rings. The first-order valence-corrected chi connectivity index (χ1v) is 8.17. The first-order chi connectivity index (χ1) is 11.9. The average Bonchev–Trinajstić information content (AvgIpc) is 3.38. The molecule has 8 heteroatoms. The first-order valence-electron chi connectivity index (χ1n) is 8.17. The number of hydrogen-bond acceptors (Lipinski definition) is 3. The lowest BCUT2D eigenvalue weighted by Crippen LogP contribution is -2.50. The summed E-state index contributed by atoms with van der Waals surface area (Å²) in [4.78, 5) is 39.2. The molecule has 1 aliphatic heterocycles. The van der Waals surface area contributed by atoms with Crippen LogP contribution < -0.4 is 5.32 Å². The summed E-state index contributed by atoms with van der Waals surface area (Å²) in [5.41, 5.74) is -0.485. The van der Waals surface area contributed by atoms with Crippen molar-refractivity contribution in [1.29, 1.82) is 0 Å². The molecule has 1 saturated carbocycles. The van der Waals surface area contributed by atoms with Gasteiger partial charge in [-0.15, -0.1) is 0 Å². The van der Waals surface area contributed by atoms with Crippen LogP contribution in [0, 0.1) is 23.5 Å². The number of carbonyl (C=O) groups excluding carboxylic acids is 3. The van der Waals surface area contributed by atoms with Crippen LogP contribution in [0.15, 0.2) is 18.2 Å². The Morgan fingerprint density at radius 1 is 1.00 bits per heavy atom. The van der Waals surface area contributed by atoms with Gasteiger partial charge in [0.05, 0.1) is 11.8 Å². The minimum atomic E-state index is -0.850. The van der Waals surface area contributed by atoms with E-state index >= 15 is 0 Å². The first kappa shape index (κ1) is 17.3. The third-order valence-corrected chi connectivity index (χ3v) is 4.69. The fourth-order valence-electron chi connectivity index (χ4n) is 3.07. The van der Waals surface area contributed by atoms with E-state index < -0.39 is 35.1 Å². The average molecular weight is 351 g/mol. The van der Waals surface area contributed by atoms with Crippen molar-refractivity contribution < 1.29 is 23.2 Å². The van der Waals surface area contributed by atoms with Crippen LogP contribution in [0.25, 0.3) is 0 Å². The van der Waals surface area contributed by atoms with E-state index in [0.29, 0.717) is 32.6 Å². The van der Waals surface area contributed by atoms with Gasteiger partial charge in [-0.25, -0.2) is 8.78 Å². The van der Waals surface area contributed by atoms with Crippen LogP contribution >= 0.6 is 0 Å². The predicted octanol–water partition coefficient (Wildman–Crippen LogP) is 1.23. The number of anilines is 1. The van der Waals surface area contributed by atoms with Crippen molar-refractivity contribution in [3.05, 3.63) is 29.8 Å². The van der Waals surface area contributed by atoms with Crippen molar-refractivity contribution in [2.45, 2.75) is 13.3 Å². The van der Waals surface area contributed by atoms with Gasteiger partial charge in [0.2, 0.25) is 17.7 Å². The van der Waals surface area contributed by atoms with Gasteiger partial charge in [-0.2, -0.15) is 0 Å². The lowest BCUT2D eigenvalue weighted by Gasteiger charge is -2.34. The molecule has 25 heavy (non-hydrogen) atoms. The molecule has 1 heterocycles. The lowest BCUT2D eigenvalue weighted by atomic mass is 10.2. The van der Waals surface area contributed by atoms with E-state index in [1.807, 2.05) is 0 Å². The number of rotatable bonds is 3. The summed E-state index contributed by atoms with van der Waals surface area (Å²) in [5.74, 6) is -3.45. The largest absolute Gasteiger partial charge is 0.339 e. The predicted molar refractivity (Wildman–Crippen MR) is 85.4 cm³/mol. The molecule has 1 N–H and O–H groups in total. The monoisotopic (exact) mass is 351 g/mol. The van der Waals surface area contributed by atoms with Crippen LogP contribution in [0.3, 0.4) is 0 Å². The second-order valence-electron chi connectivity index (χ2n) is 6.37. The van der Waals surface area contributed by atoms with Crippen molar-refractivity contribution in [2.75, 3.05) is 31.5 Å². The molecule has 1 aromatic rings. The quantitative estimate of drug-likeness (QED) is 0.891. The summed E-state index contributed by atoms with van der Waals surface area (Å²) >= 11 is 0. The van der Waals surface area contributed by atoms with Gasteiger partial charge in [0, 0.05) is 33.1 Å². The maximum Gasteiger partial charge on any atom is 0.228 e. The molecule has 3 amide bonds. The van der Waals surface area contributed by atoms with Crippen LogP contribution in [-0.2, 0) is 14.4 Å². The number of piperazine rings is 1. The second kappa shape index (κ2) is 6.78. The number of halogens is 2. The van der Waals surface area contributed by atoms with E-state index in [4.69, 9.17) is 0 Å². The molecule has 6 nitrogen and oxygen atoms in total. The zero-order valence-corrected chi connectivity index (χ0v) is 13.8. The minimum absolute atomic E-state index is 0.0253. The normalized spacial score (nSPS) is 22.5. The van der Waals surface area contributed by atoms with Crippen LogP contribution in [-0.4, -0.2) is 53.7 Å². The summed E-state index contributed by atoms with van der Waals surface area (Å²) in [6, 6.07) is 3.33. The van der Waals surface area contributed by atoms with E-state index in [-0.39, 0.29) is 11.8 Å². The van der Waals surface area contributed by atoms with E-state index in [2.05, 4.69) is 5.32 Å². The highest BCUT2D eigenvalue weighted by molar-refractivity contribution is 5.99. The van der Waals surface area contributed by atoms with Gasteiger partial charge in [0.1, 0.15) is 17.3 Å². The highest BCUT2D eigenvalue weighted by Crippen LogP contribution is 2.41. The summed E-state index contributed by atoms with van der Waals surface area (Å²) < 4.78 is 27.2. The van der Waals surface area contributed by atoms with Gasteiger partial charge in [0.25, 0.3) is 0 Å². The third-order valence-electron chi connectivity index (χ3n) is 4.69. The molecule has 3 rings (SSSR count). The van der Waals surface area contributed by atoms with Gasteiger partial charge in [-0.1, -0.05) is 6.07 Å². The molecular weight excluding hydrogens is 332 g/mol. The number of nitrogens with zero attached hydrogens (tertiary/aromatic N) is 2. The van der Waals surface area contributed by atoms with Crippen LogP contribution in [0.5, 0.6) is 0 Å². The number of carbonyl (C=O) groups is 3. The zero-order chi connectivity index (χ0) is 18.1. The Hall–Kier alpha value is -2.51. The lowest BCUT2D eigenvalue weighted by molar-refractivity contribution is -0.139. The number of hydrogen-bond donors (Lipinski definition) is 1. The van der Waals surface area contributed by atoms with Gasteiger partial charge in [-0.3, -0.25) is 14.4 Å². The molecule has 1 aromatic carbocycles. The number of nitrogens with one attached hydrogen (secondary N) is 1. The van der Waals surface area contributed by atoms with Crippen LogP contribution in [0.1, 0.15) is 13.3 Å². The molecule has 2 atom stereocenters. The Kier molecular flexibility index (Phi) is 4.69. The van der Waals surface area contributed by atoms with E-state index in [0.717, 1.165) is 12.1 Å².